The zero-order chi connectivity index (χ0) is 23.5. The van der Waals surface area contributed by atoms with Crippen molar-refractivity contribution in [3.63, 3.8) is 0 Å². The summed E-state index contributed by atoms with van der Waals surface area (Å²) in [5.41, 5.74) is 0.944. The number of nitrogens with one attached hydrogen (secondary N) is 2. The molecule has 10 heteroatoms. The van der Waals surface area contributed by atoms with Crippen molar-refractivity contribution in [2.45, 2.75) is 32.4 Å². The van der Waals surface area contributed by atoms with Crippen molar-refractivity contribution in [2.24, 2.45) is 4.99 Å². The van der Waals surface area contributed by atoms with Gasteiger partial charge in [-0.2, -0.15) is 0 Å². The van der Waals surface area contributed by atoms with Crippen molar-refractivity contribution in [1.82, 2.24) is 20.4 Å². The molecule has 2 amide bonds. The van der Waals surface area contributed by atoms with Gasteiger partial charge in [-0.1, -0.05) is 6.07 Å². The van der Waals surface area contributed by atoms with Crippen LogP contribution in [0.2, 0.25) is 0 Å². The Labute approximate surface area is 189 Å². The number of carbonyl (C=O) groups is 2. The molecule has 1 saturated heterocycles. The lowest BCUT2D eigenvalue weighted by atomic mass is 10.1. The number of rotatable bonds is 8. The Morgan fingerprint density at radius 3 is 2.44 bits per heavy atom. The average molecular weight is 450 g/mol. The van der Waals surface area contributed by atoms with E-state index in [2.05, 4.69) is 15.6 Å². The van der Waals surface area contributed by atoms with Crippen LogP contribution in [0.15, 0.2) is 23.2 Å². The smallest absolute Gasteiger partial charge is 0.409 e. The van der Waals surface area contributed by atoms with E-state index in [1.807, 2.05) is 18.2 Å². The first-order valence-electron chi connectivity index (χ1n) is 10.8. The van der Waals surface area contributed by atoms with Gasteiger partial charge in [-0.05, 0) is 37.5 Å². The second-order valence-corrected chi connectivity index (χ2v) is 7.60. The van der Waals surface area contributed by atoms with Crippen LogP contribution in [0.5, 0.6) is 11.5 Å². The minimum Gasteiger partial charge on any atom is -0.493 e. The van der Waals surface area contributed by atoms with Gasteiger partial charge in [0.05, 0.1) is 33.9 Å². The van der Waals surface area contributed by atoms with Crippen molar-refractivity contribution in [3.05, 3.63) is 23.8 Å². The van der Waals surface area contributed by atoms with Gasteiger partial charge in [0, 0.05) is 33.2 Å². The van der Waals surface area contributed by atoms with E-state index in [1.165, 1.54) is 4.90 Å². The quantitative estimate of drug-likeness (QED) is 0.457. The fourth-order valence-corrected chi connectivity index (χ4v) is 3.23. The van der Waals surface area contributed by atoms with Gasteiger partial charge in [-0.15, -0.1) is 0 Å². The van der Waals surface area contributed by atoms with Crippen LogP contribution in [0.4, 0.5) is 4.79 Å². The number of aliphatic imine (C=N–C) groups is 1. The van der Waals surface area contributed by atoms with Crippen molar-refractivity contribution in [3.8, 4) is 11.5 Å². The summed E-state index contributed by atoms with van der Waals surface area (Å²) in [7, 11) is 6.61. The van der Waals surface area contributed by atoms with E-state index in [0.717, 1.165) is 18.4 Å². The predicted octanol–water partition coefficient (Wildman–Crippen LogP) is 1.45. The minimum atomic E-state index is -0.275. The third kappa shape index (κ3) is 7.51. The molecule has 0 bridgehead atoms. The van der Waals surface area contributed by atoms with E-state index in [0.29, 0.717) is 43.7 Å². The Morgan fingerprint density at radius 1 is 1.16 bits per heavy atom. The standard InChI is InChI=1S/C22H35N5O5/c1-6-32-22(29)27-11-9-17(10-12-27)25-21(24-15-20(28)26(2)3)23-14-16-7-8-18(30-4)19(13-16)31-5/h7-8,13,17H,6,9-12,14-15H2,1-5H3,(H2,23,24,25). The van der Waals surface area contributed by atoms with E-state index in [1.54, 1.807) is 40.1 Å². The molecule has 2 N–H and O–H groups in total. The molecule has 1 aliphatic rings. The number of ether oxygens (including phenoxy) is 3. The average Bonchev–Trinajstić information content (AvgIpc) is 2.80. The lowest BCUT2D eigenvalue weighted by Gasteiger charge is -2.32. The SMILES string of the molecule is CCOC(=O)N1CCC(NC(=NCc2ccc(OC)c(OC)c2)NCC(=O)N(C)C)CC1. The number of amides is 2. The molecule has 0 radical (unpaired) electrons. The van der Waals surface area contributed by atoms with Crippen molar-refractivity contribution in [2.75, 3.05) is 54.6 Å². The number of carbonyl (C=O) groups excluding carboxylic acids is 2. The molecule has 1 aliphatic heterocycles. The van der Waals surface area contributed by atoms with E-state index in [-0.39, 0.29) is 24.6 Å². The normalized spacial score (nSPS) is 14.5. The third-order valence-corrected chi connectivity index (χ3v) is 5.14. The summed E-state index contributed by atoms with van der Waals surface area (Å²) in [4.78, 5) is 31.8. The van der Waals surface area contributed by atoms with Gasteiger partial charge in [0.2, 0.25) is 5.91 Å². The Bertz CT molecular complexity index is 791. The Kier molecular flexibility index (Phi) is 9.90. The molecule has 0 unspecified atom stereocenters. The van der Waals surface area contributed by atoms with E-state index in [4.69, 9.17) is 14.2 Å². The lowest BCUT2D eigenvalue weighted by molar-refractivity contribution is -0.127. The van der Waals surface area contributed by atoms with Gasteiger partial charge < -0.3 is 34.6 Å². The first-order chi connectivity index (χ1) is 15.4. The maximum absolute atomic E-state index is 12.0. The van der Waals surface area contributed by atoms with Crippen LogP contribution in [0.1, 0.15) is 25.3 Å². The highest BCUT2D eigenvalue weighted by molar-refractivity contribution is 5.86. The highest BCUT2D eigenvalue weighted by Crippen LogP contribution is 2.27. The highest BCUT2D eigenvalue weighted by atomic mass is 16.6. The third-order valence-electron chi connectivity index (χ3n) is 5.14. The maximum atomic E-state index is 12.0. The van der Waals surface area contributed by atoms with E-state index in [9.17, 15) is 9.59 Å². The van der Waals surface area contributed by atoms with Crippen molar-refractivity contribution in [1.29, 1.82) is 0 Å². The molecular weight excluding hydrogens is 414 g/mol. The summed E-state index contributed by atoms with van der Waals surface area (Å²) in [6.45, 7) is 3.91. The molecule has 0 aliphatic carbocycles. The number of piperidine rings is 1. The molecule has 1 fully saturated rings. The Hall–Kier alpha value is -3.17. The van der Waals surface area contributed by atoms with Crippen LogP contribution in [0.3, 0.4) is 0 Å². The number of benzene rings is 1. The van der Waals surface area contributed by atoms with Gasteiger partial charge in [0.15, 0.2) is 17.5 Å². The molecule has 0 aromatic heterocycles. The molecular formula is C22H35N5O5. The summed E-state index contributed by atoms with van der Waals surface area (Å²) >= 11 is 0. The molecule has 0 atom stereocenters. The van der Waals surface area contributed by atoms with Gasteiger partial charge in [-0.25, -0.2) is 9.79 Å². The second-order valence-electron chi connectivity index (χ2n) is 7.60. The number of hydrogen-bond acceptors (Lipinski definition) is 6. The van der Waals surface area contributed by atoms with Crippen LogP contribution in [-0.4, -0.2) is 88.4 Å². The number of likely N-dealkylation sites (tertiary alicyclic amines) is 1. The molecule has 1 heterocycles. The van der Waals surface area contributed by atoms with Crippen LogP contribution in [-0.2, 0) is 16.1 Å². The molecule has 2 rings (SSSR count). The van der Waals surface area contributed by atoms with Crippen LogP contribution in [0, 0.1) is 0 Å². The molecule has 0 spiro atoms. The van der Waals surface area contributed by atoms with Crippen LogP contribution in [0.25, 0.3) is 0 Å². The number of likely N-dealkylation sites (N-methyl/N-ethyl adjacent to an activating group) is 1. The molecule has 32 heavy (non-hydrogen) atoms. The molecule has 1 aromatic carbocycles. The van der Waals surface area contributed by atoms with Crippen molar-refractivity contribution < 1.29 is 23.8 Å². The second kappa shape index (κ2) is 12.6. The Balaban J connectivity index is 2.04. The number of guanidine groups is 1. The minimum absolute atomic E-state index is 0.0530. The summed E-state index contributed by atoms with van der Waals surface area (Å²) in [5, 5.41) is 6.51. The van der Waals surface area contributed by atoms with Crippen LogP contribution < -0.4 is 20.1 Å². The molecule has 0 saturated carbocycles. The molecule has 10 nitrogen and oxygen atoms in total. The maximum Gasteiger partial charge on any atom is 0.409 e. The van der Waals surface area contributed by atoms with Gasteiger partial charge in [0.1, 0.15) is 0 Å². The highest BCUT2D eigenvalue weighted by Gasteiger charge is 2.24. The number of hydrogen-bond donors (Lipinski definition) is 2. The van der Waals surface area contributed by atoms with Gasteiger partial charge in [0.25, 0.3) is 0 Å². The summed E-state index contributed by atoms with van der Waals surface area (Å²) in [6, 6.07) is 5.77. The largest absolute Gasteiger partial charge is 0.493 e. The lowest BCUT2D eigenvalue weighted by Crippen LogP contribution is -2.51. The van der Waals surface area contributed by atoms with E-state index < -0.39 is 0 Å². The molecule has 1 aromatic rings. The zero-order valence-corrected chi connectivity index (χ0v) is 19.6. The number of nitrogens with zero attached hydrogens (tertiary/aromatic N) is 3. The monoisotopic (exact) mass is 449 g/mol. The summed E-state index contributed by atoms with van der Waals surface area (Å²) in [6.07, 6.45) is 1.25. The number of methoxy groups -OCH3 is 2. The van der Waals surface area contributed by atoms with Gasteiger partial charge in [-0.3, -0.25) is 4.79 Å². The summed E-state index contributed by atoms with van der Waals surface area (Å²) in [5.74, 6) is 1.78. The topological polar surface area (TPSA) is 105 Å². The first-order valence-corrected chi connectivity index (χ1v) is 10.8. The summed E-state index contributed by atoms with van der Waals surface area (Å²) < 4.78 is 15.7. The zero-order valence-electron chi connectivity index (χ0n) is 19.6. The predicted molar refractivity (Wildman–Crippen MR) is 122 cm³/mol. The van der Waals surface area contributed by atoms with Crippen molar-refractivity contribution >= 4 is 18.0 Å². The first kappa shape index (κ1) is 25.1. The van der Waals surface area contributed by atoms with Gasteiger partial charge >= 0.3 is 6.09 Å². The fraction of sp³-hybridized carbons (Fsp3) is 0.591. The molecule has 178 valence electrons. The van der Waals surface area contributed by atoms with Crippen LogP contribution >= 0.6 is 0 Å². The van der Waals surface area contributed by atoms with E-state index >= 15 is 0 Å². The fourth-order valence-electron chi connectivity index (χ4n) is 3.23. The Morgan fingerprint density at radius 2 is 1.84 bits per heavy atom.